The van der Waals surface area contributed by atoms with Gasteiger partial charge in [-0.25, -0.2) is 14.8 Å². The Morgan fingerprint density at radius 3 is 2.77 bits per heavy atom. The lowest BCUT2D eigenvalue weighted by Gasteiger charge is -2.50. The van der Waals surface area contributed by atoms with Gasteiger partial charge in [0, 0.05) is 29.4 Å². The van der Waals surface area contributed by atoms with E-state index < -0.39 is 0 Å². The van der Waals surface area contributed by atoms with Gasteiger partial charge in [-0.05, 0) is 75.7 Å². The van der Waals surface area contributed by atoms with E-state index in [9.17, 15) is 4.79 Å². The van der Waals surface area contributed by atoms with Gasteiger partial charge in [-0.1, -0.05) is 23.4 Å². The van der Waals surface area contributed by atoms with Crippen molar-refractivity contribution >= 4 is 29.2 Å². The van der Waals surface area contributed by atoms with Crippen molar-refractivity contribution in [3.05, 3.63) is 47.3 Å². The zero-order chi connectivity index (χ0) is 21.4. The van der Waals surface area contributed by atoms with Crippen LogP contribution in [0.1, 0.15) is 45.1 Å². The molecule has 162 valence electrons. The van der Waals surface area contributed by atoms with Gasteiger partial charge in [-0.15, -0.1) is 0 Å². The summed E-state index contributed by atoms with van der Waals surface area (Å²) in [6, 6.07) is 6.66. The average Bonchev–Trinajstić information content (AvgIpc) is 2.76. The molecular weight excluding hydrogens is 408 g/mol. The van der Waals surface area contributed by atoms with E-state index in [0.717, 1.165) is 54.6 Å². The minimum atomic E-state index is -0.141. The summed E-state index contributed by atoms with van der Waals surface area (Å²) in [5.74, 6) is 0.696. The molecule has 7 heteroatoms. The first-order valence-electron chi connectivity index (χ1n) is 11.0. The summed E-state index contributed by atoms with van der Waals surface area (Å²) in [6.45, 7) is 7.41. The van der Waals surface area contributed by atoms with Crippen LogP contribution in [0.2, 0.25) is 0 Å². The molecule has 1 spiro atoms. The second-order valence-electron chi connectivity index (χ2n) is 8.85. The third kappa shape index (κ3) is 4.08. The maximum absolute atomic E-state index is 12.0. The number of esters is 1. The number of carbonyl (C=O) groups excluding carboxylic acids is 1. The van der Waals surface area contributed by atoms with E-state index >= 15 is 0 Å². The fourth-order valence-electron chi connectivity index (χ4n) is 4.88. The number of hydrogen-bond donors (Lipinski definition) is 1. The highest BCUT2D eigenvalue weighted by molar-refractivity contribution is 7.99. The lowest BCUT2D eigenvalue weighted by atomic mass is 9.59. The molecule has 5 rings (SSSR count). The van der Waals surface area contributed by atoms with Crippen molar-refractivity contribution in [1.29, 1.82) is 0 Å². The Kier molecular flexibility index (Phi) is 5.48. The van der Waals surface area contributed by atoms with Crippen LogP contribution in [-0.2, 0) is 16.1 Å². The van der Waals surface area contributed by atoms with Crippen molar-refractivity contribution < 1.29 is 9.53 Å². The van der Waals surface area contributed by atoms with Gasteiger partial charge in [0.15, 0.2) is 5.82 Å². The quantitative estimate of drug-likeness (QED) is 0.459. The number of nitrogens with zero attached hydrogens (tertiary/aromatic N) is 3. The van der Waals surface area contributed by atoms with Crippen LogP contribution in [0.4, 0.5) is 11.5 Å². The van der Waals surface area contributed by atoms with Crippen LogP contribution in [0, 0.1) is 5.41 Å². The number of likely N-dealkylation sites (tertiary alicyclic amines) is 1. The average molecular weight is 437 g/mol. The number of nitrogens with one attached hydrogen (secondary N) is 1. The van der Waals surface area contributed by atoms with Crippen LogP contribution < -0.4 is 5.32 Å². The minimum absolute atomic E-state index is 0.141. The highest BCUT2D eigenvalue weighted by Crippen LogP contribution is 2.53. The molecule has 1 aliphatic carbocycles. The third-order valence-corrected chi connectivity index (χ3v) is 7.85. The van der Waals surface area contributed by atoms with Gasteiger partial charge < -0.3 is 10.1 Å². The smallest absolute Gasteiger partial charge is 0.333 e. The zero-order valence-corrected chi connectivity index (χ0v) is 18.9. The summed E-state index contributed by atoms with van der Waals surface area (Å²) in [7, 11) is 0. The van der Waals surface area contributed by atoms with Gasteiger partial charge in [0.2, 0.25) is 0 Å². The lowest BCUT2D eigenvalue weighted by molar-refractivity contribution is -0.138. The van der Waals surface area contributed by atoms with Crippen molar-refractivity contribution in [2.75, 3.05) is 25.0 Å². The van der Waals surface area contributed by atoms with Crippen LogP contribution in [0.25, 0.3) is 0 Å². The number of piperidine rings is 1. The normalized spacial score (nSPS) is 19.1. The van der Waals surface area contributed by atoms with Gasteiger partial charge in [0.1, 0.15) is 5.03 Å². The van der Waals surface area contributed by atoms with Crippen molar-refractivity contribution in [3.8, 4) is 0 Å². The molecule has 1 aromatic heterocycles. The highest BCUT2D eigenvalue weighted by Gasteiger charge is 2.44. The molecule has 3 heterocycles. The standard InChI is InChI=1S/C24H28N4O2S/c1-3-30-23(29)16(2)18-13-24(14-18)6-10-28(11-7-24)15-17-4-5-20-19(12-17)27-21-22(31-20)26-9-8-25-21/h4-5,8-9,12H,3,6-7,10-11,13-15H2,1-2H3,(H,25,27). The number of benzene rings is 1. The monoisotopic (exact) mass is 436 g/mol. The molecule has 0 unspecified atom stereocenters. The van der Waals surface area contributed by atoms with Gasteiger partial charge >= 0.3 is 5.97 Å². The number of allylic oxidation sites excluding steroid dienone is 1. The minimum Gasteiger partial charge on any atom is -0.463 e. The number of anilines is 2. The summed E-state index contributed by atoms with van der Waals surface area (Å²) in [5, 5.41) is 4.35. The molecule has 1 saturated carbocycles. The first kappa shape index (κ1) is 20.5. The molecule has 2 aliphatic heterocycles. The van der Waals surface area contributed by atoms with E-state index in [1.165, 1.54) is 28.9 Å². The Morgan fingerprint density at radius 2 is 2.00 bits per heavy atom. The molecule has 0 atom stereocenters. The van der Waals surface area contributed by atoms with Crippen LogP contribution >= 0.6 is 11.8 Å². The summed E-state index contributed by atoms with van der Waals surface area (Å²) in [4.78, 5) is 24.5. The van der Waals surface area contributed by atoms with Crippen molar-refractivity contribution in [3.63, 3.8) is 0 Å². The number of fused-ring (bicyclic) bond motifs is 2. The lowest BCUT2D eigenvalue weighted by Crippen LogP contribution is -2.44. The molecule has 1 saturated heterocycles. The van der Waals surface area contributed by atoms with E-state index in [4.69, 9.17) is 4.74 Å². The SMILES string of the molecule is CCOC(=O)C(C)=C1CC2(CCN(Cc3ccc4c(c3)Nc3nccnc3S4)CC2)C1. The molecule has 0 amide bonds. The topological polar surface area (TPSA) is 67.3 Å². The van der Waals surface area contributed by atoms with Crippen LogP contribution in [0.5, 0.6) is 0 Å². The second kappa shape index (κ2) is 8.28. The molecule has 0 radical (unpaired) electrons. The maximum Gasteiger partial charge on any atom is 0.333 e. The Labute approximate surface area is 187 Å². The summed E-state index contributed by atoms with van der Waals surface area (Å²) >= 11 is 1.67. The van der Waals surface area contributed by atoms with Crippen LogP contribution in [0.3, 0.4) is 0 Å². The number of ether oxygens (including phenoxy) is 1. The van der Waals surface area contributed by atoms with Crippen molar-refractivity contribution in [2.45, 2.75) is 56.0 Å². The summed E-state index contributed by atoms with van der Waals surface area (Å²) in [6.07, 6.45) is 7.98. The van der Waals surface area contributed by atoms with Crippen molar-refractivity contribution in [2.24, 2.45) is 5.41 Å². The fraction of sp³-hybridized carbons (Fsp3) is 0.458. The van der Waals surface area contributed by atoms with E-state index in [1.807, 2.05) is 13.8 Å². The van der Waals surface area contributed by atoms with E-state index in [0.29, 0.717) is 12.0 Å². The Bertz CT molecular complexity index is 1030. The maximum atomic E-state index is 12.0. The second-order valence-corrected chi connectivity index (χ2v) is 9.88. The van der Waals surface area contributed by atoms with Crippen LogP contribution in [-0.4, -0.2) is 40.5 Å². The molecule has 0 bridgehead atoms. The first-order valence-corrected chi connectivity index (χ1v) is 11.8. The third-order valence-electron chi connectivity index (χ3n) is 6.78. The Hall–Kier alpha value is -2.38. The molecule has 1 aromatic carbocycles. The summed E-state index contributed by atoms with van der Waals surface area (Å²) in [5.41, 5.74) is 4.97. The van der Waals surface area contributed by atoms with Gasteiger partial charge in [0.25, 0.3) is 0 Å². The predicted octanol–water partition coefficient (Wildman–Crippen LogP) is 4.94. The largest absolute Gasteiger partial charge is 0.463 e. The molecule has 2 fully saturated rings. The zero-order valence-electron chi connectivity index (χ0n) is 18.1. The predicted molar refractivity (Wildman–Crippen MR) is 121 cm³/mol. The van der Waals surface area contributed by atoms with E-state index in [1.54, 1.807) is 24.2 Å². The molecule has 2 aromatic rings. The molecule has 1 N–H and O–H groups in total. The molecule has 3 aliphatic rings. The van der Waals surface area contributed by atoms with Gasteiger partial charge in [-0.2, -0.15) is 0 Å². The first-order chi connectivity index (χ1) is 15.0. The molecule has 31 heavy (non-hydrogen) atoms. The highest BCUT2D eigenvalue weighted by atomic mass is 32.2. The van der Waals surface area contributed by atoms with E-state index in [-0.39, 0.29) is 5.97 Å². The van der Waals surface area contributed by atoms with Crippen LogP contribution in [0.15, 0.2) is 51.7 Å². The molecule has 6 nitrogen and oxygen atoms in total. The number of aromatic nitrogens is 2. The Balaban J connectivity index is 1.17. The van der Waals surface area contributed by atoms with Crippen molar-refractivity contribution in [1.82, 2.24) is 14.9 Å². The van der Waals surface area contributed by atoms with Gasteiger partial charge in [-0.3, -0.25) is 4.90 Å². The van der Waals surface area contributed by atoms with E-state index in [2.05, 4.69) is 38.4 Å². The van der Waals surface area contributed by atoms with Gasteiger partial charge in [0.05, 0.1) is 12.3 Å². The number of rotatable bonds is 4. The number of hydrogen-bond acceptors (Lipinski definition) is 7. The summed E-state index contributed by atoms with van der Waals surface area (Å²) < 4.78 is 5.16. The molecular formula is C24H28N4O2S. The number of carbonyl (C=O) groups is 1. The fourth-order valence-corrected chi connectivity index (χ4v) is 5.76. The Morgan fingerprint density at radius 1 is 1.23 bits per heavy atom.